The molecule has 3 fully saturated rings. The van der Waals surface area contributed by atoms with Crippen molar-refractivity contribution in [1.29, 1.82) is 5.26 Å². The van der Waals surface area contributed by atoms with E-state index in [9.17, 15) is 34.0 Å². The second-order valence-electron chi connectivity index (χ2n) is 22.2. The topological polar surface area (TPSA) is 286 Å². The van der Waals surface area contributed by atoms with Gasteiger partial charge in [0.25, 0.3) is 0 Å². The number of rotatable bonds is 17. The Bertz CT molecular complexity index is 4550. The number of nitrogens with zero attached hydrogens (tertiary/aromatic N) is 6. The third-order valence-corrected chi connectivity index (χ3v) is 17.4. The molecule has 5 heterocycles. The van der Waals surface area contributed by atoms with Gasteiger partial charge in [0.05, 0.1) is 44.9 Å². The van der Waals surface area contributed by atoms with Crippen molar-refractivity contribution in [3.05, 3.63) is 240 Å². The highest BCUT2D eigenvalue weighted by Gasteiger charge is 2.36. The monoisotopic (exact) mass is 1390 g/mol. The van der Waals surface area contributed by atoms with Crippen LogP contribution in [-0.4, -0.2) is 79.3 Å². The highest BCUT2D eigenvalue weighted by atomic mass is 35.5. The van der Waals surface area contributed by atoms with Crippen molar-refractivity contribution in [2.24, 2.45) is 17.2 Å². The number of benzene rings is 7. The Balaban J connectivity index is 0.000000157. The van der Waals surface area contributed by atoms with E-state index >= 15 is 0 Å². The van der Waals surface area contributed by atoms with Crippen LogP contribution in [0.4, 0.5) is 17.3 Å². The Morgan fingerprint density at radius 2 is 0.875 bits per heavy atom. The summed E-state index contributed by atoms with van der Waals surface area (Å²) in [5, 5.41) is 11.3. The normalized spacial score (nSPS) is 15.6. The fourth-order valence-electron chi connectivity index (χ4n) is 11.0. The van der Waals surface area contributed by atoms with Crippen LogP contribution in [0.1, 0.15) is 95.9 Å². The maximum Gasteiger partial charge on any atom is 0.248 e. The minimum atomic E-state index is -0.576. The van der Waals surface area contributed by atoms with E-state index in [-0.39, 0.29) is 59.6 Å². The molecule has 25 heteroatoms. The zero-order valence-corrected chi connectivity index (χ0v) is 55.2. The molecule has 96 heavy (non-hydrogen) atoms. The Morgan fingerprint density at radius 1 is 0.458 bits per heavy atom. The zero-order valence-electron chi connectivity index (χ0n) is 51.4. The number of carbonyl (C=O) groups excluding carboxylic acids is 6. The zero-order chi connectivity index (χ0) is 68.5. The van der Waals surface area contributed by atoms with Crippen LogP contribution in [0.15, 0.2) is 170 Å². The molecule has 0 aliphatic carbocycles. The van der Waals surface area contributed by atoms with E-state index in [0.29, 0.717) is 125 Å². The maximum absolute atomic E-state index is 12.8. The van der Waals surface area contributed by atoms with Crippen molar-refractivity contribution in [1.82, 2.24) is 9.97 Å². The number of aryl methyl sites for hydroxylation is 1. The van der Waals surface area contributed by atoms with E-state index in [1.54, 1.807) is 114 Å². The first-order chi connectivity index (χ1) is 46.1. The lowest BCUT2D eigenvalue weighted by Crippen LogP contribution is -2.26. The number of pyridine rings is 2. The molecule has 488 valence electrons. The number of hydrogen-bond donors (Lipinski definition) is 3. The number of nitriles is 1. The molecule has 0 saturated carbocycles. The third kappa shape index (κ3) is 15.9. The second-order valence-corrected chi connectivity index (χ2v) is 24.2. The van der Waals surface area contributed by atoms with Gasteiger partial charge in [0, 0.05) is 91.4 Å². The largest absolute Gasteiger partial charge is 0.493 e. The molecule has 0 spiro atoms. The van der Waals surface area contributed by atoms with E-state index in [1.165, 1.54) is 36.7 Å². The van der Waals surface area contributed by atoms with Gasteiger partial charge < -0.3 is 45.8 Å². The Labute approximate surface area is 576 Å². The molecule has 6 amide bonds. The molecule has 3 saturated heterocycles. The molecule has 20 nitrogen and oxygen atoms in total. The fraction of sp³-hybridized carbons (Fsp3) is 0.169. The third-order valence-electron chi connectivity index (χ3n) is 15.9. The van der Waals surface area contributed by atoms with Crippen molar-refractivity contribution in [3.8, 4) is 52.1 Å². The summed E-state index contributed by atoms with van der Waals surface area (Å²) < 4.78 is 28.7. The SMILES string of the molecule is COc1cccc(OC)c1Oc1cc([C@H]2CC(=O)N(c3cc(C(N)=O)ccn3)C2)ccc1Cl.Cc1cc(C(N)=O)cc(N2C[C@@H](c3ccc(Cl)c(Oc4c(Cl)cccc4C#N)c3)CC2=O)c1.NC(=O)c1ccnc(N2C[C@@H](c3ccc(Cl)c(Oc4ccccc4Cl)c3)CC2=O)c1. The molecule has 3 atom stereocenters. The lowest BCUT2D eigenvalue weighted by Gasteiger charge is -2.19. The summed E-state index contributed by atoms with van der Waals surface area (Å²) in [7, 11) is 3.08. The molecule has 0 bridgehead atoms. The molecule has 6 N–H and O–H groups in total. The fourth-order valence-corrected chi connectivity index (χ4v) is 11.9. The van der Waals surface area contributed by atoms with E-state index in [1.807, 2.05) is 55.5 Å². The van der Waals surface area contributed by atoms with Crippen molar-refractivity contribution in [2.75, 3.05) is 48.6 Å². The first-order valence-electron chi connectivity index (χ1n) is 29.5. The van der Waals surface area contributed by atoms with Gasteiger partial charge in [-0.3, -0.25) is 38.6 Å². The Kier molecular flexibility index (Phi) is 21.6. The number of carbonyl (C=O) groups is 6. The standard InChI is InChI=1S/C25H19Cl2N3O3.C24H22ClN3O5.C22H17Cl2N3O3/c1-14-7-17(25(29)32)9-19(8-14)30-13-18(11-23(30)31)15-5-6-20(26)22(10-15)33-24-16(12-28)3-2-4-21(24)27;1-31-18-4-3-5-19(32-2)23(18)33-20-10-14(6-7-17(20)25)16-12-22(29)28(13-16)21-11-15(24(26)30)8-9-27-21;23-16-3-1-2-4-18(16)30-19-9-13(5-6-17(19)24)15-11-21(28)27(12-15)20-10-14(22(25)29)7-8-26-20/h2-10,18H,11,13H2,1H3,(H2,29,32);3-11,16H,12-13H2,1-2H3,(H2,26,30);1-10,15H,11-12H2,(H2,25,29)/t18-;16-;15-/m000/s1. The summed E-state index contributed by atoms with van der Waals surface area (Å²) in [6.45, 7) is 3.09. The van der Waals surface area contributed by atoms with Crippen LogP contribution in [0.25, 0.3) is 0 Å². The van der Waals surface area contributed by atoms with Crippen LogP contribution >= 0.6 is 58.0 Å². The molecule has 3 aliphatic heterocycles. The van der Waals surface area contributed by atoms with Gasteiger partial charge in [0.15, 0.2) is 17.2 Å². The lowest BCUT2D eigenvalue weighted by atomic mass is 9.98. The average Bonchev–Trinajstić information content (AvgIpc) is 1.60. The minimum Gasteiger partial charge on any atom is -0.493 e. The van der Waals surface area contributed by atoms with Crippen LogP contribution in [0, 0.1) is 18.3 Å². The number of primary amides is 3. The number of aromatic nitrogens is 2. The number of nitrogens with two attached hydrogens (primary N) is 3. The van der Waals surface area contributed by atoms with E-state index < -0.39 is 17.7 Å². The molecule has 9 aromatic rings. The van der Waals surface area contributed by atoms with Crippen molar-refractivity contribution < 1.29 is 52.5 Å². The molecule has 7 aromatic carbocycles. The molecular weight excluding hydrogens is 1330 g/mol. The summed E-state index contributed by atoms with van der Waals surface area (Å²) >= 11 is 31.5. The van der Waals surface area contributed by atoms with E-state index in [0.717, 1.165) is 22.3 Å². The van der Waals surface area contributed by atoms with Crippen LogP contribution in [0.2, 0.25) is 25.1 Å². The summed E-state index contributed by atoms with van der Waals surface area (Å²) in [6, 6.07) is 46.8. The Morgan fingerprint density at radius 3 is 1.34 bits per heavy atom. The average molecular weight is 1390 g/mol. The number of hydrogen-bond acceptors (Lipinski definition) is 14. The number of para-hydroxylation sites is 3. The number of anilines is 3. The molecule has 2 aromatic heterocycles. The maximum atomic E-state index is 12.8. The predicted octanol–water partition coefficient (Wildman–Crippen LogP) is 14.5. The van der Waals surface area contributed by atoms with Crippen LogP contribution in [0.3, 0.4) is 0 Å². The molecule has 0 radical (unpaired) electrons. The summed E-state index contributed by atoms with van der Waals surface area (Å²) in [4.78, 5) is 85.9. The van der Waals surface area contributed by atoms with Crippen molar-refractivity contribution in [3.63, 3.8) is 0 Å². The van der Waals surface area contributed by atoms with Gasteiger partial charge in [-0.1, -0.05) is 100 Å². The minimum absolute atomic E-state index is 0.0590. The molecule has 0 unspecified atom stereocenters. The van der Waals surface area contributed by atoms with Gasteiger partial charge in [0.2, 0.25) is 41.2 Å². The number of amides is 6. The van der Waals surface area contributed by atoms with Gasteiger partial charge in [0.1, 0.15) is 40.7 Å². The van der Waals surface area contributed by atoms with Gasteiger partial charge in [-0.05, 0) is 144 Å². The van der Waals surface area contributed by atoms with Crippen LogP contribution < -0.4 is 55.6 Å². The number of methoxy groups -OCH3 is 2. The lowest BCUT2D eigenvalue weighted by molar-refractivity contribution is -0.118. The summed E-state index contributed by atoms with van der Waals surface area (Å²) in [5.74, 6) is 1.89. The molecule has 3 aliphatic rings. The first-order valence-corrected chi connectivity index (χ1v) is 31.4. The summed E-state index contributed by atoms with van der Waals surface area (Å²) in [6.07, 6.45) is 3.80. The van der Waals surface area contributed by atoms with Gasteiger partial charge in [-0.25, -0.2) is 9.97 Å². The van der Waals surface area contributed by atoms with Gasteiger partial charge >= 0.3 is 0 Å². The Hall–Kier alpha value is -10.4. The molecule has 12 rings (SSSR count). The second kappa shape index (κ2) is 30.3. The highest BCUT2D eigenvalue weighted by molar-refractivity contribution is 6.34. The van der Waals surface area contributed by atoms with E-state index in [2.05, 4.69) is 16.0 Å². The number of halogens is 5. The van der Waals surface area contributed by atoms with Gasteiger partial charge in [-0.15, -0.1) is 0 Å². The van der Waals surface area contributed by atoms with Crippen LogP contribution in [-0.2, 0) is 14.4 Å². The number of ether oxygens (including phenoxy) is 5. The van der Waals surface area contributed by atoms with Crippen LogP contribution in [0.5, 0.6) is 46.0 Å². The van der Waals surface area contributed by atoms with Crippen molar-refractivity contribution >= 4 is 111 Å². The smallest absolute Gasteiger partial charge is 0.248 e. The summed E-state index contributed by atoms with van der Waals surface area (Å²) in [5.41, 5.74) is 21.5. The van der Waals surface area contributed by atoms with Gasteiger partial charge in [-0.2, -0.15) is 5.26 Å². The quantitative estimate of drug-likeness (QED) is 0.0764. The first kappa shape index (κ1) is 68.5. The molecular formula is C71H58Cl5N9O11. The highest BCUT2D eigenvalue weighted by Crippen LogP contribution is 2.45. The predicted molar refractivity (Wildman–Crippen MR) is 366 cm³/mol. The van der Waals surface area contributed by atoms with Crippen molar-refractivity contribution in [2.45, 2.75) is 43.9 Å². The van der Waals surface area contributed by atoms with E-state index in [4.69, 9.17) is 98.9 Å².